The highest BCUT2D eigenvalue weighted by atomic mass is 16.4. The van der Waals surface area contributed by atoms with Crippen LogP contribution < -0.4 is 38.9 Å². The number of imidazole rings is 1. The third-order valence-electron chi connectivity index (χ3n) is 5.75. The third-order valence-corrected chi connectivity index (χ3v) is 5.75. The molecule has 1 heterocycles. The number of carboxylic acids is 2. The fraction of sp³-hybridized carbons (Fsp3) is 0.609. The maximum atomic E-state index is 13.3. The number of carbonyl (C=O) groups excluding carboxylic acids is 3. The molecule has 14 N–H and O–H groups in total. The molecule has 4 atom stereocenters. The molecule has 0 spiro atoms. The molecule has 0 aliphatic rings. The number of aromatic amines is 1. The Morgan fingerprint density at radius 3 is 2.02 bits per heavy atom. The van der Waals surface area contributed by atoms with Gasteiger partial charge in [0.15, 0.2) is 5.96 Å². The quantitative estimate of drug-likeness (QED) is 0.0424. The van der Waals surface area contributed by atoms with Crippen LogP contribution in [0.4, 0.5) is 0 Å². The number of carbonyl (C=O) groups is 5. The Labute approximate surface area is 230 Å². The number of guanidine groups is 1. The summed E-state index contributed by atoms with van der Waals surface area (Å²) >= 11 is 0. The summed E-state index contributed by atoms with van der Waals surface area (Å²) in [5.74, 6) is -4.93. The van der Waals surface area contributed by atoms with Gasteiger partial charge in [-0.3, -0.25) is 24.2 Å². The maximum absolute atomic E-state index is 13.3. The zero-order chi connectivity index (χ0) is 30.1. The van der Waals surface area contributed by atoms with Crippen molar-refractivity contribution in [1.82, 2.24) is 25.9 Å². The zero-order valence-corrected chi connectivity index (χ0v) is 22.2. The summed E-state index contributed by atoms with van der Waals surface area (Å²) in [4.78, 5) is 72.0. The van der Waals surface area contributed by atoms with Crippen LogP contribution in [0.25, 0.3) is 0 Å². The lowest BCUT2D eigenvalue weighted by molar-refractivity contribution is -0.143. The van der Waals surface area contributed by atoms with Crippen LogP contribution in [0.15, 0.2) is 17.5 Å². The van der Waals surface area contributed by atoms with E-state index < -0.39 is 60.2 Å². The van der Waals surface area contributed by atoms with Gasteiger partial charge in [0.1, 0.15) is 18.1 Å². The number of aromatic nitrogens is 2. The van der Waals surface area contributed by atoms with Crippen LogP contribution >= 0.6 is 0 Å². The smallest absolute Gasteiger partial charge is 0.326 e. The molecule has 0 saturated heterocycles. The van der Waals surface area contributed by atoms with Gasteiger partial charge in [0.2, 0.25) is 17.7 Å². The molecule has 17 nitrogen and oxygen atoms in total. The highest BCUT2D eigenvalue weighted by Gasteiger charge is 2.30. The van der Waals surface area contributed by atoms with Crippen molar-refractivity contribution in [2.45, 2.75) is 75.5 Å². The van der Waals surface area contributed by atoms with E-state index in [1.165, 1.54) is 12.5 Å². The Balaban J connectivity index is 3.02. The number of rotatable bonds is 20. The number of aliphatic imine (C=N–C) groups is 1. The average Bonchev–Trinajstić information content (AvgIpc) is 3.39. The van der Waals surface area contributed by atoms with Crippen molar-refractivity contribution in [3.63, 3.8) is 0 Å². The predicted molar refractivity (Wildman–Crippen MR) is 143 cm³/mol. The molecule has 0 fully saturated rings. The molecule has 0 aliphatic carbocycles. The molecule has 1 aromatic rings. The number of nitrogens with zero attached hydrogens (tertiary/aromatic N) is 2. The average molecular weight is 569 g/mol. The molecule has 1 rings (SSSR count). The van der Waals surface area contributed by atoms with Crippen LogP contribution in [0.5, 0.6) is 0 Å². The molecule has 224 valence electrons. The van der Waals surface area contributed by atoms with Gasteiger partial charge >= 0.3 is 11.9 Å². The number of hydrogen-bond donors (Lipinski definition) is 10. The second-order valence-corrected chi connectivity index (χ2v) is 9.07. The summed E-state index contributed by atoms with van der Waals surface area (Å²) < 4.78 is 0. The van der Waals surface area contributed by atoms with Gasteiger partial charge in [-0.2, -0.15) is 0 Å². The van der Waals surface area contributed by atoms with Gasteiger partial charge in [-0.25, -0.2) is 9.78 Å². The first-order chi connectivity index (χ1) is 18.9. The first-order valence-electron chi connectivity index (χ1n) is 12.8. The van der Waals surface area contributed by atoms with Crippen molar-refractivity contribution in [2.75, 3.05) is 13.1 Å². The van der Waals surface area contributed by atoms with E-state index >= 15 is 0 Å². The second kappa shape index (κ2) is 18.1. The Bertz CT molecular complexity index is 998. The summed E-state index contributed by atoms with van der Waals surface area (Å²) in [5.41, 5.74) is 22.8. The van der Waals surface area contributed by atoms with Gasteiger partial charge in [0, 0.05) is 31.3 Å². The fourth-order valence-electron chi connectivity index (χ4n) is 3.61. The topological polar surface area (TPSA) is 307 Å². The number of aliphatic carboxylic acids is 2. The van der Waals surface area contributed by atoms with Crippen molar-refractivity contribution in [1.29, 1.82) is 0 Å². The fourth-order valence-corrected chi connectivity index (χ4v) is 3.61. The predicted octanol–water partition coefficient (Wildman–Crippen LogP) is -3.13. The molecule has 0 saturated carbocycles. The molecule has 17 heteroatoms. The van der Waals surface area contributed by atoms with Crippen LogP contribution in [0.1, 0.15) is 50.6 Å². The number of carboxylic acid groups (broad SMARTS) is 2. The van der Waals surface area contributed by atoms with Crippen LogP contribution in [0.2, 0.25) is 0 Å². The normalized spacial score (nSPS) is 13.8. The van der Waals surface area contributed by atoms with Gasteiger partial charge < -0.3 is 54.1 Å². The highest BCUT2D eigenvalue weighted by Crippen LogP contribution is 2.07. The van der Waals surface area contributed by atoms with Gasteiger partial charge in [-0.15, -0.1) is 0 Å². The van der Waals surface area contributed by atoms with Crippen molar-refractivity contribution in [2.24, 2.45) is 27.9 Å². The summed E-state index contributed by atoms with van der Waals surface area (Å²) in [6, 6.07) is -4.79. The molecule has 40 heavy (non-hydrogen) atoms. The van der Waals surface area contributed by atoms with E-state index in [9.17, 15) is 29.1 Å². The minimum Gasteiger partial charge on any atom is -0.481 e. The van der Waals surface area contributed by atoms with Crippen LogP contribution in [0.3, 0.4) is 0 Å². The third kappa shape index (κ3) is 13.5. The van der Waals surface area contributed by atoms with E-state index in [1.807, 2.05) is 0 Å². The number of unbranched alkanes of at least 4 members (excludes halogenated alkanes) is 1. The number of nitrogens with one attached hydrogen (secondary N) is 4. The lowest BCUT2D eigenvalue weighted by Crippen LogP contribution is -2.57. The van der Waals surface area contributed by atoms with E-state index in [2.05, 4.69) is 30.9 Å². The molecule has 0 radical (unpaired) electrons. The van der Waals surface area contributed by atoms with Crippen LogP contribution in [-0.2, 0) is 30.4 Å². The van der Waals surface area contributed by atoms with Crippen molar-refractivity contribution in [3.8, 4) is 0 Å². The van der Waals surface area contributed by atoms with Crippen molar-refractivity contribution < 1.29 is 34.2 Å². The molecular formula is C23H40N10O7. The zero-order valence-electron chi connectivity index (χ0n) is 22.2. The van der Waals surface area contributed by atoms with Crippen molar-refractivity contribution in [3.05, 3.63) is 18.2 Å². The van der Waals surface area contributed by atoms with Gasteiger partial charge in [-0.05, 0) is 45.1 Å². The number of nitrogens with two attached hydrogens (primary N) is 4. The molecular weight excluding hydrogens is 528 g/mol. The van der Waals surface area contributed by atoms with E-state index in [0.29, 0.717) is 31.5 Å². The molecule has 1 aromatic heterocycles. The van der Waals surface area contributed by atoms with E-state index in [4.69, 9.17) is 28.0 Å². The first-order valence-corrected chi connectivity index (χ1v) is 12.8. The highest BCUT2D eigenvalue weighted by molar-refractivity contribution is 5.94. The molecule has 0 bridgehead atoms. The molecule has 4 unspecified atom stereocenters. The Morgan fingerprint density at radius 2 is 1.50 bits per heavy atom. The van der Waals surface area contributed by atoms with Crippen LogP contribution in [-0.4, -0.2) is 93.1 Å². The minimum atomic E-state index is -1.48. The molecule has 3 amide bonds. The molecule has 0 aromatic carbocycles. The first kappa shape index (κ1) is 33.8. The summed E-state index contributed by atoms with van der Waals surface area (Å²) in [5, 5.41) is 25.7. The summed E-state index contributed by atoms with van der Waals surface area (Å²) in [6.07, 6.45) is 3.72. The second-order valence-electron chi connectivity index (χ2n) is 9.07. The van der Waals surface area contributed by atoms with Gasteiger partial charge in [0.05, 0.1) is 12.4 Å². The number of H-pyrrole nitrogens is 1. The number of amides is 3. The van der Waals surface area contributed by atoms with E-state index in [-0.39, 0.29) is 38.2 Å². The van der Waals surface area contributed by atoms with Gasteiger partial charge in [-0.1, -0.05) is 0 Å². The lowest BCUT2D eigenvalue weighted by atomic mass is 10.0. The van der Waals surface area contributed by atoms with E-state index in [0.717, 1.165) is 0 Å². The minimum absolute atomic E-state index is 0.0959. The summed E-state index contributed by atoms with van der Waals surface area (Å²) in [7, 11) is 0. The van der Waals surface area contributed by atoms with Crippen LogP contribution in [0, 0.1) is 0 Å². The SMILES string of the molecule is NCCCCC(NC(=O)C(CCCN=C(N)N)NC(=O)C(N)Cc1cnc[nH]1)C(=O)NC(CCC(=O)O)C(=O)O. The summed E-state index contributed by atoms with van der Waals surface area (Å²) in [6.45, 7) is 0.503. The van der Waals surface area contributed by atoms with Crippen molar-refractivity contribution >= 4 is 35.6 Å². The Hall–Kier alpha value is -4.25. The Morgan fingerprint density at radius 1 is 0.900 bits per heavy atom. The lowest BCUT2D eigenvalue weighted by Gasteiger charge is -2.25. The molecule has 0 aliphatic heterocycles. The monoisotopic (exact) mass is 568 g/mol. The number of hydrogen-bond acceptors (Lipinski definition) is 9. The van der Waals surface area contributed by atoms with Gasteiger partial charge in [0.25, 0.3) is 0 Å². The maximum Gasteiger partial charge on any atom is 0.326 e. The Kier molecular flexibility index (Phi) is 15.3. The largest absolute Gasteiger partial charge is 0.481 e. The standard InChI is InChI=1S/C23H40N10O7/c24-8-2-1-4-15(21(38)33-17(22(39)40)6-7-18(34)35)32-20(37)16(5-3-9-29-23(26)27)31-19(36)14(25)10-13-11-28-12-30-13/h11-12,14-17H,1-10,24-25H2,(H,28,30)(H,31,36)(H,32,37)(H,33,38)(H,34,35)(H,39,40)(H4,26,27,29). The van der Waals surface area contributed by atoms with E-state index in [1.54, 1.807) is 0 Å².